The van der Waals surface area contributed by atoms with Gasteiger partial charge >= 0.3 is 6.03 Å². The summed E-state index contributed by atoms with van der Waals surface area (Å²) in [5, 5.41) is 2.70. The van der Waals surface area contributed by atoms with Crippen molar-refractivity contribution in [1.82, 2.24) is 10.2 Å². The molecular weight excluding hydrogens is 380 g/mol. The van der Waals surface area contributed by atoms with Crippen LogP contribution in [0.25, 0.3) is 0 Å². The van der Waals surface area contributed by atoms with Crippen LogP contribution in [0.2, 0.25) is 0 Å². The van der Waals surface area contributed by atoms with Crippen LogP contribution in [-0.2, 0) is 20.2 Å². The summed E-state index contributed by atoms with van der Waals surface area (Å²) >= 11 is 0. The second-order valence-corrected chi connectivity index (χ2v) is 8.94. The van der Waals surface area contributed by atoms with Gasteiger partial charge < -0.3 is 10.1 Å². The Morgan fingerprint density at radius 1 is 1.07 bits per heavy atom. The van der Waals surface area contributed by atoms with Gasteiger partial charge in [-0.1, -0.05) is 30.3 Å². The molecule has 1 heterocycles. The molecule has 0 spiro atoms. The van der Waals surface area contributed by atoms with Gasteiger partial charge in [-0.05, 0) is 43.2 Å². The number of aryl methyl sites for hydroxylation is 1. The fourth-order valence-electron chi connectivity index (χ4n) is 3.10. The zero-order chi connectivity index (χ0) is 20.5. The fraction of sp³-hybridized carbons (Fsp3) is 0.300. The molecule has 1 atom stereocenters. The van der Waals surface area contributed by atoms with Crippen LogP contribution in [0.3, 0.4) is 0 Å². The van der Waals surface area contributed by atoms with E-state index in [0.29, 0.717) is 11.3 Å². The number of para-hydroxylation sites is 1. The van der Waals surface area contributed by atoms with Crippen molar-refractivity contribution < 1.29 is 22.7 Å². The average Bonchev–Trinajstić information content (AvgIpc) is 2.86. The van der Waals surface area contributed by atoms with Crippen LogP contribution in [-0.4, -0.2) is 44.7 Å². The van der Waals surface area contributed by atoms with Crippen molar-refractivity contribution >= 4 is 21.8 Å². The van der Waals surface area contributed by atoms with Gasteiger partial charge in [0.25, 0.3) is 5.91 Å². The SMILES string of the molecule is Cc1ccccc1OCCN1C(=O)NC(C)(c2ccc(S(C)(=O)=O)cc2)C1=O. The molecule has 3 rings (SSSR count). The van der Waals surface area contributed by atoms with Gasteiger partial charge in [-0.2, -0.15) is 0 Å². The van der Waals surface area contributed by atoms with Crippen molar-refractivity contribution in [2.75, 3.05) is 19.4 Å². The highest BCUT2D eigenvalue weighted by molar-refractivity contribution is 7.90. The van der Waals surface area contributed by atoms with Crippen LogP contribution < -0.4 is 10.1 Å². The maximum Gasteiger partial charge on any atom is 0.325 e. The molecule has 1 unspecified atom stereocenters. The normalized spacial score (nSPS) is 19.6. The number of amides is 3. The third-order valence-corrected chi connectivity index (χ3v) is 5.93. The first-order valence-corrected chi connectivity index (χ1v) is 10.7. The lowest BCUT2D eigenvalue weighted by molar-refractivity contribution is -0.131. The van der Waals surface area contributed by atoms with Crippen molar-refractivity contribution in [3.63, 3.8) is 0 Å². The third kappa shape index (κ3) is 3.73. The van der Waals surface area contributed by atoms with E-state index in [1.54, 1.807) is 19.1 Å². The number of urea groups is 1. The van der Waals surface area contributed by atoms with Gasteiger partial charge in [0.05, 0.1) is 11.4 Å². The van der Waals surface area contributed by atoms with E-state index in [-0.39, 0.29) is 18.0 Å². The van der Waals surface area contributed by atoms with Crippen LogP contribution in [0.5, 0.6) is 5.75 Å². The standard InChI is InChI=1S/C20H22N2O5S/c1-14-6-4-5-7-17(14)27-13-12-22-18(23)20(2,21-19(22)24)15-8-10-16(11-9-15)28(3,25)26/h4-11H,12-13H2,1-3H3,(H,21,24). The Balaban J connectivity index is 1.72. The maximum atomic E-state index is 12.9. The number of carbonyl (C=O) groups excluding carboxylic acids is 2. The summed E-state index contributed by atoms with van der Waals surface area (Å²) in [7, 11) is -3.34. The lowest BCUT2D eigenvalue weighted by Crippen LogP contribution is -2.41. The Morgan fingerprint density at radius 3 is 2.32 bits per heavy atom. The number of nitrogens with one attached hydrogen (secondary N) is 1. The topological polar surface area (TPSA) is 92.8 Å². The predicted molar refractivity (Wildman–Crippen MR) is 104 cm³/mol. The summed E-state index contributed by atoms with van der Waals surface area (Å²) in [6.45, 7) is 3.80. The zero-order valence-electron chi connectivity index (χ0n) is 15.9. The molecule has 1 aliphatic heterocycles. The number of rotatable bonds is 6. The number of nitrogens with zero attached hydrogens (tertiary/aromatic N) is 1. The first-order chi connectivity index (χ1) is 13.1. The van der Waals surface area contributed by atoms with E-state index in [4.69, 9.17) is 4.74 Å². The van der Waals surface area contributed by atoms with Crippen molar-refractivity contribution in [1.29, 1.82) is 0 Å². The molecule has 0 radical (unpaired) electrons. The average molecular weight is 402 g/mol. The van der Waals surface area contributed by atoms with E-state index in [1.165, 1.54) is 12.1 Å². The van der Waals surface area contributed by atoms with E-state index in [2.05, 4.69) is 5.32 Å². The Labute approximate surface area is 164 Å². The van der Waals surface area contributed by atoms with Gasteiger partial charge in [0.2, 0.25) is 0 Å². The molecule has 1 aliphatic rings. The van der Waals surface area contributed by atoms with Crippen LogP contribution >= 0.6 is 0 Å². The number of sulfone groups is 1. The minimum absolute atomic E-state index is 0.107. The second-order valence-electron chi connectivity index (χ2n) is 6.92. The van der Waals surface area contributed by atoms with Gasteiger partial charge in [0.1, 0.15) is 17.9 Å². The molecule has 8 heteroatoms. The molecular formula is C20H22N2O5S. The summed E-state index contributed by atoms with van der Waals surface area (Å²) < 4.78 is 28.9. The molecule has 0 aromatic heterocycles. The smallest absolute Gasteiger partial charge is 0.325 e. The van der Waals surface area contributed by atoms with Crippen molar-refractivity contribution in [2.24, 2.45) is 0 Å². The van der Waals surface area contributed by atoms with Crippen LogP contribution in [0, 0.1) is 6.92 Å². The van der Waals surface area contributed by atoms with E-state index in [0.717, 1.165) is 16.7 Å². The molecule has 2 aromatic carbocycles. The maximum absolute atomic E-state index is 12.9. The summed E-state index contributed by atoms with van der Waals surface area (Å²) in [6, 6.07) is 12.9. The first kappa shape index (κ1) is 19.9. The number of hydrogen-bond acceptors (Lipinski definition) is 5. The number of benzene rings is 2. The first-order valence-electron chi connectivity index (χ1n) is 8.76. The molecule has 7 nitrogen and oxygen atoms in total. The molecule has 0 saturated carbocycles. The summed E-state index contributed by atoms with van der Waals surface area (Å²) in [5.74, 6) is 0.298. The lowest BCUT2D eigenvalue weighted by atomic mass is 9.92. The van der Waals surface area contributed by atoms with Gasteiger partial charge in [0, 0.05) is 6.26 Å². The van der Waals surface area contributed by atoms with Gasteiger partial charge in [-0.25, -0.2) is 13.2 Å². The highest BCUT2D eigenvalue weighted by Gasteiger charge is 2.48. The number of imide groups is 1. The largest absolute Gasteiger partial charge is 0.491 e. The van der Waals surface area contributed by atoms with E-state index in [9.17, 15) is 18.0 Å². The predicted octanol–water partition coefficient (Wildman–Crippen LogP) is 2.24. The summed E-state index contributed by atoms with van der Waals surface area (Å²) in [6.07, 6.45) is 1.11. The monoisotopic (exact) mass is 402 g/mol. The van der Waals surface area contributed by atoms with Gasteiger partial charge in [-0.15, -0.1) is 0 Å². The van der Waals surface area contributed by atoms with Crippen molar-refractivity contribution in [2.45, 2.75) is 24.3 Å². The van der Waals surface area contributed by atoms with Gasteiger partial charge in [0.15, 0.2) is 9.84 Å². The second kappa shape index (κ2) is 7.27. The van der Waals surface area contributed by atoms with Crippen molar-refractivity contribution in [3.05, 3.63) is 59.7 Å². The molecule has 1 N–H and O–H groups in total. The number of ether oxygens (including phenoxy) is 1. The Bertz CT molecular complexity index is 1020. The minimum Gasteiger partial charge on any atom is -0.491 e. The van der Waals surface area contributed by atoms with E-state index in [1.807, 2.05) is 31.2 Å². The third-order valence-electron chi connectivity index (χ3n) is 4.80. The van der Waals surface area contributed by atoms with Crippen molar-refractivity contribution in [3.8, 4) is 5.75 Å². The van der Waals surface area contributed by atoms with Gasteiger partial charge in [-0.3, -0.25) is 9.69 Å². The Hall–Kier alpha value is -2.87. The van der Waals surface area contributed by atoms with Crippen LogP contribution in [0.1, 0.15) is 18.1 Å². The van der Waals surface area contributed by atoms with E-state index >= 15 is 0 Å². The number of hydrogen-bond donors (Lipinski definition) is 1. The highest BCUT2D eigenvalue weighted by atomic mass is 32.2. The quantitative estimate of drug-likeness (QED) is 0.748. The molecule has 0 aliphatic carbocycles. The molecule has 148 valence electrons. The molecule has 1 fully saturated rings. The molecule has 28 heavy (non-hydrogen) atoms. The Morgan fingerprint density at radius 2 is 1.71 bits per heavy atom. The molecule has 1 saturated heterocycles. The fourth-order valence-corrected chi connectivity index (χ4v) is 3.73. The molecule has 0 bridgehead atoms. The summed E-state index contributed by atoms with van der Waals surface area (Å²) in [5.41, 5.74) is 0.228. The van der Waals surface area contributed by atoms with Crippen LogP contribution in [0.15, 0.2) is 53.4 Å². The molecule has 2 aromatic rings. The molecule has 3 amide bonds. The minimum atomic E-state index is -3.34. The van der Waals surface area contributed by atoms with Crippen LogP contribution in [0.4, 0.5) is 4.79 Å². The summed E-state index contributed by atoms with van der Waals surface area (Å²) in [4.78, 5) is 26.5. The highest BCUT2D eigenvalue weighted by Crippen LogP contribution is 2.29. The Kier molecular flexibility index (Phi) is 5.16. The number of carbonyl (C=O) groups is 2. The zero-order valence-corrected chi connectivity index (χ0v) is 16.7. The lowest BCUT2D eigenvalue weighted by Gasteiger charge is -2.22. The van der Waals surface area contributed by atoms with E-state index < -0.39 is 27.3 Å².